The predicted octanol–water partition coefficient (Wildman–Crippen LogP) is 3.92. The fourth-order valence-corrected chi connectivity index (χ4v) is 1.29. The number of nitrogens with one attached hydrogen (secondary N) is 1. The zero-order chi connectivity index (χ0) is 12.3. The van der Waals surface area contributed by atoms with E-state index in [1.54, 1.807) is 13.1 Å². The average Bonchev–Trinajstić information content (AvgIpc) is 2.62. The number of pyridine rings is 1. The Labute approximate surface area is 91.5 Å². The Hall–Kier alpha value is -1.52. The van der Waals surface area contributed by atoms with Gasteiger partial charge in [-0.1, -0.05) is 13.8 Å². The Balaban J connectivity index is 0.000000606. The maximum absolute atomic E-state index is 12.3. The van der Waals surface area contributed by atoms with Crippen LogP contribution in [0.15, 0.2) is 18.5 Å². The Morgan fingerprint density at radius 2 is 1.88 bits per heavy atom. The minimum absolute atomic E-state index is 0.482. The third-order valence-corrected chi connectivity index (χ3v) is 2.07. The molecule has 2 rings (SSSR count). The van der Waals surface area contributed by atoms with Crippen molar-refractivity contribution >= 4 is 11.0 Å². The fraction of sp³-hybridized carbons (Fsp3) is 0.364. The van der Waals surface area contributed by atoms with Crippen LogP contribution in [0.25, 0.3) is 11.0 Å². The first-order valence-electron chi connectivity index (χ1n) is 4.99. The van der Waals surface area contributed by atoms with Gasteiger partial charge in [0.25, 0.3) is 0 Å². The van der Waals surface area contributed by atoms with Crippen LogP contribution in [0.3, 0.4) is 0 Å². The van der Waals surface area contributed by atoms with Gasteiger partial charge in [0.1, 0.15) is 5.65 Å². The van der Waals surface area contributed by atoms with Crippen LogP contribution in [0.5, 0.6) is 0 Å². The summed E-state index contributed by atoms with van der Waals surface area (Å²) in [6, 6.07) is 1.11. The van der Waals surface area contributed by atoms with Gasteiger partial charge in [0.2, 0.25) is 0 Å². The van der Waals surface area contributed by atoms with Gasteiger partial charge in [-0.25, -0.2) is 4.98 Å². The first kappa shape index (κ1) is 12.5. The van der Waals surface area contributed by atoms with Gasteiger partial charge in [-0.2, -0.15) is 13.2 Å². The SMILES string of the molecule is CC.Cc1c[nH]c2ncc(C(F)(F)F)cc12. The lowest BCUT2D eigenvalue weighted by atomic mass is 10.2. The van der Waals surface area contributed by atoms with Crippen LogP contribution in [-0.4, -0.2) is 9.97 Å². The van der Waals surface area contributed by atoms with E-state index in [9.17, 15) is 13.2 Å². The largest absolute Gasteiger partial charge is 0.417 e. The number of aromatic amines is 1. The molecule has 0 aliphatic rings. The van der Waals surface area contributed by atoms with Gasteiger partial charge in [-0.3, -0.25) is 0 Å². The zero-order valence-electron chi connectivity index (χ0n) is 9.31. The molecule has 16 heavy (non-hydrogen) atoms. The second kappa shape index (κ2) is 4.55. The molecular formula is C11H13F3N2. The summed E-state index contributed by atoms with van der Waals surface area (Å²) in [4.78, 5) is 6.48. The van der Waals surface area contributed by atoms with Gasteiger partial charge < -0.3 is 4.98 Å². The van der Waals surface area contributed by atoms with Crippen LogP contribution in [0.2, 0.25) is 0 Å². The number of rotatable bonds is 0. The molecular weight excluding hydrogens is 217 g/mol. The molecule has 0 aliphatic carbocycles. The molecule has 0 radical (unpaired) electrons. The Morgan fingerprint density at radius 3 is 2.44 bits per heavy atom. The molecule has 0 bridgehead atoms. The zero-order valence-corrected chi connectivity index (χ0v) is 9.31. The summed E-state index contributed by atoms with van der Waals surface area (Å²) in [5.41, 5.74) is 0.529. The van der Waals surface area contributed by atoms with E-state index in [0.29, 0.717) is 11.0 Å². The number of nitrogens with zero attached hydrogens (tertiary/aromatic N) is 1. The molecule has 2 nitrogen and oxygen atoms in total. The first-order chi connectivity index (χ1) is 7.48. The molecule has 88 valence electrons. The van der Waals surface area contributed by atoms with Crippen molar-refractivity contribution in [3.8, 4) is 0 Å². The van der Waals surface area contributed by atoms with Crippen LogP contribution >= 0.6 is 0 Å². The van der Waals surface area contributed by atoms with Crippen LogP contribution in [0.1, 0.15) is 25.0 Å². The maximum atomic E-state index is 12.3. The number of aryl methyl sites for hydroxylation is 1. The van der Waals surface area contributed by atoms with Crippen LogP contribution < -0.4 is 0 Å². The molecule has 0 aliphatic heterocycles. The second-order valence-corrected chi connectivity index (χ2v) is 3.09. The molecule has 0 amide bonds. The van der Waals surface area contributed by atoms with Gasteiger partial charge in [0.15, 0.2) is 0 Å². The van der Waals surface area contributed by atoms with Crippen LogP contribution in [0.4, 0.5) is 13.2 Å². The van der Waals surface area contributed by atoms with E-state index < -0.39 is 11.7 Å². The first-order valence-corrected chi connectivity index (χ1v) is 4.99. The molecule has 2 aromatic rings. The van der Waals surface area contributed by atoms with Crippen molar-refractivity contribution in [2.45, 2.75) is 26.9 Å². The number of hydrogen-bond donors (Lipinski definition) is 1. The fourth-order valence-electron chi connectivity index (χ4n) is 1.29. The van der Waals surface area contributed by atoms with Crippen LogP contribution in [0, 0.1) is 6.92 Å². The van der Waals surface area contributed by atoms with Crippen molar-refractivity contribution in [2.75, 3.05) is 0 Å². The highest BCUT2D eigenvalue weighted by Gasteiger charge is 2.31. The quantitative estimate of drug-likeness (QED) is 0.730. The molecule has 5 heteroatoms. The third kappa shape index (κ3) is 2.35. The maximum Gasteiger partial charge on any atom is 0.417 e. The summed E-state index contributed by atoms with van der Waals surface area (Å²) >= 11 is 0. The second-order valence-electron chi connectivity index (χ2n) is 3.09. The number of hydrogen-bond acceptors (Lipinski definition) is 1. The predicted molar refractivity (Wildman–Crippen MR) is 57.2 cm³/mol. The molecule has 2 heterocycles. The third-order valence-electron chi connectivity index (χ3n) is 2.07. The monoisotopic (exact) mass is 230 g/mol. The van der Waals surface area contributed by atoms with E-state index >= 15 is 0 Å². The standard InChI is InChI=1S/C9H7F3N2.C2H6/c1-5-3-13-8-7(5)2-6(4-14-8)9(10,11)12;1-2/h2-4H,1H3,(H,13,14);1-2H3. The summed E-state index contributed by atoms with van der Waals surface area (Å²) in [6.45, 7) is 5.74. The van der Waals surface area contributed by atoms with E-state index in [1.807, 2.05) is 13.8 Å². The molecule has 0 aromatic carbocycles. The lowest BCUT2D eigenvalue weighted by molar-refractivity contribution is -0.137. The average molecular weight is 230 g/mol. The minimum atomic E-state index is -4.33. The Bertz CT molecular complexity index is 472. The molecule has 0 spiro atoms. The van der Waals surface area contributed by atoms with Gasteiger partial charge in [0, 0.05) is 17.8 Å². The summed E-state index contributed by atoms with van der Waals surface area (Å²) in [5.74, 6) is 0. The highest BCUT2D eigenvalue weighted by molar-refractivity contribution is 5.79. The van der Waals surface area contributed by atoms with E-state index in [1.165, 1.54) is 0 Å². The normalized spacial score (nSPS) is 11.1. The van der Waals surface area contributed by atoms with Crippen molar-refractivity contribution in [3.63, 3.8) is 0 Å². The summed E-state index contributed by atoms with van der Waals surface area (Å²) in [5, 5.41) is 0.514. The lowest BCUT2D eigenvalue weighted by Gasteiger charge is -2.05. The molecule has 0 fully saturated rings. The van der Waals surface area contributed by atoms with Crippen LogP contribution in [-0.2, 0) is 6.18 Å². The van der Waals surface area contributed by atoms with Gasteiger partial charge in [-0.15, -0.1) is 0 Å². The molecule has 0 atom stereocenters. The molecule has 0 saturated heterocycles. The van der Waals surface area contributed by atoms with Gasteiger partial charge >= 0.3 is 6.18 Å². The minimum Gasteiger partial charge on any atom is -0.346 e. The summed E-state index contributed by atoms with van der Waals surface area (Å²) in [7, 11) is 0. The van der Waals surface area contributed by atoms with Crippen molar-refractivity contribution in [1.82, 2.24) is 9.97 Å². The highest BCUT2D eigenvalue weighted by Crippen LogP contribution is 2.30. The van der Waals surface area contributed by atoms with E-state index in [-0.39, 0.29) is 0 Å². The Morgan fingerprint density at radius 1 is 1.25 bits per heavy atom. The topological polar surface area (TPSA) is 28.7 Å². The van der Waals surface area contributed by atoms with E-state index in [0.717, 1.165) is 17.8 Å². The number of alkyl halides is 3. The molecule has 2 aromatic heterocycles. The Kier molecular flexibility index (Phi) is 3.57. The number of H-pyrrole nitrogens is 1. The number of aromatic nitrogens is 2. The molecule has 0 saturated carbocycles. The summed E-state index contributed by atoms with van der Waals surface area (Å²) in [6.07, 6.45) is -1.86. The van der Waals surface area contributed by atoms with E-state index in [2.05, 4.69) is 9.97 Å². The van der Waals surface area contributed by atoms with E-state index in [4.69, 9.17) is 0 Å². The van der Waals surface area contributed by atoms with Crippen molar-refractivity contribution in [2.24, 2.45) is 0 Å². The molecule has 1 N–H and O–H groups in total. The van der Waals surface area contributed by atoms with Gasteiger partial charge in [-0.05, 0) is 18.6 Å². The summed E-state index contributed by atoms with van der Waals surface area (Å²) < 4.78 is 36.9. The lowest BCUT2D eigenvalue weighted by Crippen LogP contribution is -2.05. The van der Waals surface area contributed by atoms with Gasteiger partial charge in [0.05, 0.1) is 5.56 Å². The number of halogens is 3. The highest BCUT2D eigenvalue weighted by atomic mass is 19.4. The van der Waals surface area contributed by atoms with Crippen molar-refractivity contribution in [3.05, 3.63) is 29.6 Å². The molecule has 0 unspecified atom stereocenters. The van der Waals surface area contributed by atoms with Crippen molar-refractivity contribution in [1.29, 1.82) is 0 Å². The smallest absolute Gasteiger partial charge is 0.346 e. The van der Waals surface area contributed by atoms with Crippen molar-refractivity contribution < 1.29 is 13.2 Å². The number of fused-ring (bicyclic) bond motifs is 1.